The van der Waals surface area contributed by atoms with Crippen LogP contribution in [0.3, 0.4) is 0 Å². The number of carbonyl (C=O) groups is 1. The normalized spacial score (nSPS) is 45.0. The lowest BCUT2D eigenvalue weighted by molar-refractivity contribution is -0.142. The number of nitrogens with zero attached hydrogens (tertiary/aromatic N) is 1. The molecule has 1 amide bonds. The molecule has 5 fully saturated rings. The van der Waals surface area contributed by atoms with Gasteiger partial charge >= 0.3 is 0 Å². The molecule has 0 N–H and O–H groups in total. The highest BCUT2D eigenvalue weighted by atomic mass is 16.2. The third-order valence-electron chi connectivity index (χ3n) is 7.53. The van der Waals surface area contributed by atoms with Crippen LogP contribution in [0.25, 0.3) is 0 Å². The maximum Gasteiger partial charge on any atom is 0.233 e. The van der Waals surface area contributed by atoms with Crippen molar-refractivity contribution in [2.24, 2.45) is 23.7 Å². The lowest BCUT2D eigenvalue weighted by Gasteiger charge is -2.56. The lowest BCUT2D eigenvalue weighted by Crippen LogP contribution is -2.57. The summed E-state index contributed by atoms with van der Waals surface area (Å²) >= 11 is 0. The summed E-state index contributed by atoms with van der Waals surface area (Å²) < 4.78 is 0. The summed E-state index contributed by atoms with van der Waals surface area (Å²) in [6, 6.07) is 11.0. The van der Waals surface area contributed by atoms with E-state index in [-0.39, 0.29) is 5.41 Å². The molecule has 1 atom stereocenters. The van der Waals surface area contributed by atoms with E-state index in [0.29, 0.717) is 11.9 Å². The van der Waals surface area contributed by atoms with Gasteiger partial charge in [-0.1, -0.05) is 30.3 Å². The van der Waals surface area contributed by atoms with Crippen molar-refractivity contribution in [3.63, 3.8) is 0 Å². The van der Waals surface area contributed by atoms with Gasteiger partial charge in [0.15, 0.2) is 0 Å². The fraction of sp³-hybridized carbons (Fsp3) is 0.667. The largest absolute Gasteiger partial charge is 0.338 e. The molecule has 4 bridgehead atoms. The Morgan fingerprint density at radius 2 is 1.57 bits per heavy atom. The Morgan fingerprint density at radius 1 is 0.957 bits per heavy atom. The fourth-order valence-corrected chi connectivity index (χ4v) is 6.63. The van der Waals surface area contributed by atoms with Gasteiger partial charge in [-0.15, -0.1) is 0 Å². The standard InChI is InChI=1S/C21H27NO/c1-21(18-5-3-2-4-6-18)7-8-22(20(21)23)19-16-10-14-9-15(12-16)13-17(19)11-14/h2-6,14-17,19H,7-13H2,1H3. The molecule has 4 aliphatic carbocycles. The number of rotatable bonds is 2. The Bertz CT molecular complexity index is 596. The van der Waals surface area contributed by atoms with Crippen LogP contribution >= 0.6 is 0 Å². The molecule has 122 valence electrons. The van der Waals surface area contributed by atoms with Crippen molar-refractivity contribution in [3.8, 4) is 0 Å². The third kappa shape index (κ3) is 1.96. The molecule has 1 unspecified atom stereocenters. The van der Waals surface area contributed by atoms with Crippen LogP contribution in [-0.2, 0) is 10.2 Å². The summed E-state index contributed by atoms with van der Waals surface area (Å²) in [5.74, 6) is 3.96. The molecule has 0 aromatic heterocycles. The van der Waals surface area contributed by atoms with Crippen LogP contribution in [0.2, 0.25) is 0 Å². The number of likely N-dealkylation sites (tertiary alicyclic amines) is 1. The van der Waals surface area contributed by atoms with Crippen LogP contribution in [-0.4, -0.2) is 23.4 Å². The summed E-state index contributed by atoms with van der Waals surface area (Å²) in [5.41, 5.74) is 0.909. The molecular formula is C21H27NO. The quantitative estimate of drug-likeness (QED) is 0.808. The van der Waals surface area contributed by atoms with Gasteiger partial charge in [0.1, 0.15) is 0 Å². The van der Waals surface area contributed by atoms with E-state index in [1.54, 1.807) is 0 Å². The van der Waals surface area contributed by atoms with Gasteiger partial charge in [-0.2, -0.15) is 0 Å². The zero-order valence-corrected chi connectivity index (χ0v) is 14.1. The van der Waals surface area contributed by atoms with Crippen molar-refractivity contribution in [2.75, 3.05) is 6.54 Å². The predicted molar refractivity (Wildman–Crippen MR) is 91.0 cm³/mol. The summed E-state index contributed by atoms with van der Waals surface area (Å²) in [7, 11) is 0. The Labute approximate surface area is 139 Å². The van der Waals surface area contributed by atoms with E-state index in [9.17, 15) is 4.79 Å². The number of amides is 1. The molecule has 1 aliphatic heterocycles. The van der Waals surface area contributed by atoms with E-state index in [2.05, 4.69) is 36.1 Å². The summed E-state index contributed by atoms with van der Waals surface area (Å²) in [6.07, 6.45) is 8.04. The van der Waals surface area contributed by atoms with Gasteiger partial charge in [0.05, 0.1) is 5.41 Å². The molecule has 0 radical (unpaired) electrons. The third-order valence-corrected chi connectivity index (χ3v) is 7.53. The topological polar surface area (TPSA) is 20.3 Å². The molecular weight excluding hydrogens is 282 g/mol. The van der Waals surface area contributed by atoms with Crippen LogP contribution in [0, 0.1) is 23.7 Å². The highest BCUT2D eigenvalue weighted by Gasteiger charge is 2.55. The minimum absolute atomic E-state index is 0.296. The Balaban J connectivity index is 1.44. The predicted octanol–water partition coefficient (Wildman–Crippen LogP) is 4.00. The minimum Gasteiger partial charge on any atom is -0.338 e. The molecule has 1 aromatic rings. The van der Waals surface area contributed by atoms with Crippen molar-refractivity contribution < 1.29 is 4.79 Å². The Hall–Kier alpha value is -1.31. The molecule has 2 nitrogen and oxygen atoms in total. The second-order valence-electron chi connectivity index (χ2n) is 8.87. The minimum atomic E-state index is -0.296. The Morgan fingerprint density at radius 3 is 2.17 bits per heavy atom. The number of hydrogen-bond donors (Lipinski definition) is 0. The van der Waals surface area contributed by atoms with Gasteiger partial charge in [0, 0.05) is 12.6 Å². The van der Waals surface area contributed by atoms with Crippen molar-refractivity contribution in [2.45, 2.75) is 56.9 Å². The molecule has 2 heteroatoms. The lowest BCUT2D eigenvalue weighted by atomic mass is 9.54. The molecule has 4 saturated carbocycles. The van der Waals surface area contributed by atoms with Crippen molar-refractivity contribution >= 4 is 5.91 Å². The van der Waals surface area contributed by atoms with E-state index in [1.807, 2.05) is 6.07 Å². The molecule has 1 heterocycles. The van der Waals surface area contributed by atoms with Crippen LogP contribution < -0.4 is 0 Å². The first-order valence-electron chi connectivity index (χ1n) is 9.52. The molecule has 23 heavy (non-hydrogen) atoms. The Kier molecular flexibility index (Phi) is 2.96. The maximum atomic E-state index is 13.4. The summed E-state index contributed by atoms with van der Waals surface area (Å²) in [5, 5.41) is 0. The van der Waals surface area contributed by atoms with E-state index in [1.165, 1.54) is 37.7 Å². The van der Waals surface area contributed by atoms with Gasteiger partial charge < -0.3 is 4.90 Å². The summed E-state index contributed by atoms with van der Waals surface area (Å²) in [6.45, 7) is 3.14. The van der Waals surface area contributed by atoms with E-state index in [4.69, 9.17) is 0 Å². The van der Waals surface area contributed by atoms with Crippen molar-refractivity contribution in [3.05, 3.63) is 35.9 Å². The first-order chi connectivity index (χ1) is 11.1. The van der Waals surface area contributed by atoms with Crippen LogP contribution in [0.4, 0.5) is 0 Å². The average molecular weight is 309 g/mol. The molecule has 5 aliphatic rings. The van der Waals surface area contributed by atoms with Gasteiger partial charge in [-0.05, 0) is 74.7 Å². The van der Waals surface area contributed by atoms with Crippen LogP contribution in [0.5, 0.6) is 0 Å². The van der Waals surface area contributed by atoms with Gasteiger partial charge in [0.2, 0.25) is 5.91 Å². The second kappa shape index (κ2) is 4.84. The van der Waals surface area contributed by atoms with E-state index in [0.717, 1.165) is 36.6 Å². The first kappa shape index (κ1) is 14.1. The van der Waals surface area contributed by atoms with Crippen molar-refractivity contribution in [1.29, 1.82) is 0 Å². The second-order valence-corrected chi connectivity index (χ2v) is 8.87. The van der Waals surface area contributed by atoms with Crippen LogP contribution in [0.15, 0.2) is 30.3 Å². The fourth-order valence-electron chi connectivity index (χ4n) is 6.63. The monoisotopic (exact) mass is 309 g/mol. The van der Waals surface area contributed by atoms with E-state index >= 15 is 0 Å². The van der Waals surface area contributed by atoms with E-state index < -0.39 is 0 Å². The van der Waals surface area contributed by atoms with Gasteiger partial charge in [-0.25, -0.2) is 0 Å². The summed E-state index contributed by atoms with van der Waals surface area (Å²) in [4.78, 5) is 15.7. The first-order valence-corrected chi connectivity index (χ1v) is 9.52. The molecule has 0 spiro atoms. The SMILES string of the molecule is CC1(c2ccccc2)CCN(C2C3CC4CC(C3)CC2C4)C1=O. The molecule has 6 rings (SSSR count). The zero-order chi connectivity index (χ0) is 15.6. The van der Waals surface area contributed by atoms with Gasteiger partial charge in [-0.3, -0.25) is 4.79 Å². The van der Waals surface area contributed by atoms with Crippen LogP contribution in [0.1, 0.15) is 51.0 Å². The zero-order valence-electron chi connectivity index (χ0n) is 14.1. The number of hydrogen-bond acceptors (Lipinski definition) is 1. The average Bonchev–Trinajstić information content (AvgIpc) is 2.85. The number of benzene rings is 1. The smallest absolute Gasteiger partial charge is 0.233 e. The van der Waals surface area contributed by atoms with Gasteiger partial charge in [0.25, 0.3) is 0 Å². The number of carbonyl (C=O) groups excluding carboxylic acids is 1. The van der Waals surface area contributed by atoms with Crippen molar-refractivity contribution in [1.82, 2.24) is 4.90 Å². The highest BCUT2D eigenvalue weighted by Crippen LogP contribution is 2.56. The highest BCUT2D eigenvalue weighted by molar-refractivity contribution is 5.90. The molecule has 1 saturated heterocycles. The molecule has 1 aromatic carbocycles. The maximum absolute atomic E-state index is 13.4.